The highest BCUT2D eigenvalue weighted by molar-refractivity contribution is 6.60. The molecule has 5 nitrogen and oxygen atoms in total. The van der Waals surface area contributed by atoms with Crippen molar-refractivity contribution in [3.8, 4) is 5.75 Å². The summed E-state index contributed by atoms with van der Waals surface area (Å²) in [7, 11) is 16.6. The van der Waals surface area contributed by atoms with Crippen LogP contribution in [0.25, 0.3) is 11.0 Å². The molecule has 0 spiro atoms. The van der Waals surface area contributed by atoms with Crippen molar-refractivity contribution in [1.82, 2.24) is 9.97 Å². The molecule has 0 saturated carbocycles. The second-order valence-corrected chi connectivity index (χ2v) is 3.25. The van der Waals surface area contributed by atoms with Crippen molar-refractivity contribution in [2.75, 3.05) is 0 Å². The SMILES string of the molecule is [B]c1c([B])c(O)c2[nH]c(=O)c(=O)[nH]c2c1[B]. The van der Waals surface area contributed by atoms with E-state index < -0.39 is 16.9 Å². The highest BCUT2D eigenvalue weighted by Gasteiger charge is 2.11. The van der Waals surface area contributed by atoms with Gasteiger partial charge in [0, 0.05) is 0 Å². The molecule has 1 aromatic heterocycles. The Morgan fingerprint density at radius 3 is 1.88 bits per heavy atom. The molecule has 2 rings (SSSR count). The van der Waals surface area contributed by atoms with E-state index in [1.807, 2.05) is 0 Å². The van der Waals surface area contributed by atoms with Gasteiger partial charge in [-0.05, 0) is 0 Å². The second kappa shape index (κ2) is 3.33. The first-order valence-corrected chi connectivity index (χ1v) is 4.25. The molecule has 1 aromatic carbocycles. The first-order valence-electron chi connectivity index (χ1n) is 4.25. The Kier molecular flexibility index (Phi) is 2.22. The molecule has 72 valence electrons. The van der Waals surface area contributed by atoms with Gasteiger partial charge in [0.15, 0.2) is 0 Å². The fourth-order valence-corrected chi connectivity index (χ4v) is 1.39. The fourth-order valence-electron chi connectivity index (χ4n) is 1.39. The van der Waals surface area contributed by atoms with Crippen LogP contribution in [0.5, 0.6) is 5.75 Å². The number of aromatic nitrogens is 2. The van der Waals surface area contributed by atoms with E-state index in [-0.39, 0.29) is 27.4 Å². The molecule has 16 heavy (non-hydrogen) atoms. The Hall–Kier alpha value is -1.85. The predicted octanol–water partition coefficient (Wildman–Crippen LogP) is -3.70. The van der Waals surface area contributed by atoms with E-state index in [0.29, 0.717) is 0 Å². The van der Waals surface area contributed by atoms with E-state index in [2.05, 4.69) is 9.97 Å². The van der Waals surface area contributed by atoms with Crippen LogP contribution in [0, 0.1) is 0 Å². The van der Waals surface area contributed by atoms with Gasteiger partial charge in [0.2, 0.25) is 0 Å². The standard InChI is InChI=1S/C8H3B3N2O3/c9-1-2(10)4-5(6(14)3(1)11)13-8(16)7(15)12-4/h14H,(H,12,15)(H,13,16). The maximum atomic E-state index is 11.1. The van der Waals surface area contributed by atoms with Gasteiger partial charge in [-0.1, -0.05) is 10.9 Å². The number of phenols is 1. The summed E-state index contributed by atoms with van der Waals surface area (Å²) in [5.41, 5.74) is -1.99. The number of fused-ring (bicyclic) bond motifs is 1. The normalized spacial score (nSPS) is 10.8. The van der Waals surface area contributed by atoms with Gasteiger partial charge in [-0.3, -0.25) is 9.59 Å². The van der Waals surface area contributed by atoms with Gasteiger partial charge >= 0.3 is 11.1 Å². The van der Waals surface area contributed by atoms with Crippen molar-refractivity contribution in [2.24, 2.45) is 0 Å². The number of H-pyrrole nitrogens is 2. The van der Waals surface area contributed by atoms with E-state index in [1.165, 1.54) is 0 Å². The van der Waals surface area contributed by atoms with Crippen LogP contribution < -0.4 is 27.5 Å². The van der Waals surface area contributed by atoms with Crippen molar-refractivity contribution < 1.29 is 5.11 Å². The third-order valence-electron chi connectivity index (χ3n) is 2.27. The van der Waals surface area contributed by atoms with Crippen LogP contribution in [0.4, 0.5) is 0 Å². The van der Waals surface area contributed by atoms with E-state index in [0.717, 1.165) is 0 Å². The summed E-state index contributed by atoms with van der Waals surface area (Å²) in [6.45, 7) is 0. The molecular formula is C8H3B3N2O3. The van der Waals surface area contributed by atoms with Crippen molar-refractivity contribution in [3.05, 3.63) is 20.7 Å². The number of hydrogen-bond donors (Lipinski definition) is 3. The Balaban J connectivity index is 3.15. The van der Waals surface area contributed by atoms with Gasteiger partial charge in [0.05, 0.1) is 5.52 Å². The average molecular weight is 208 g/mol. The van der Waals surface area contributed by atoms with Gasteiger partial charge in [0.25, 0.3) is 0 Å². The quantitative estimate of drug-likeness (QED) is 0.307. The third-order valence-corrected chi connectivity index (χ3v) is 2.27. The molecule has 6 radical (unpaired) electrons. The number of aromatic hydroxyl groups is 1. The number of hydrogen-bond acceptors (Lipinski definition) is 3. The van der Waals surface area contributed by atoms with E-state index in [4.69, 9.17) is 23.5 Å². The monoisotopic (exact) mass is 208 g/mol. The van der Waals surface area contributed by atoms with Gasteiger partial charge in [-0.15, -0.1) is 5.46 Å². The summed E-state index contributed by atoms with van der Waals surface area (Å²) >= 11 is 0. The number of aromatic amines is 2. The fraction of sp³-hybridized carbons (Fsp3) is 0. The second-order valence-electron chi connectivity index (χ2n) is 3.25. The highest BCUT2D eigenvalue weighted by Crippen LogP contribution is 2.12. The van der Waals surface area contributed by atoms with Crippen LogP contribution in [0.15, 0.2) is 9.59 Å². The minimum Gasteiger partial charge on any atom is -0.506 e. The topological polar surface area (TPSA) is 85.9 Å². The first-order chi connectivity index (χ1) is 7.43. The summed E-state index contributed by atoms with van der Waals surface area (Å²) in [5, 5.41) is 9.63. The first kappa shape index (κ1) is 10.7. The molecule has 0 fully saturated rings. The van der Waals surface area contributed by atoms with Crippen molar-refractivity contribution >= 4 is 51.0 Å². The van der Waals surface area contributed by atoms with Crippen LogP contribution in [-0.2, 0) is 0 Å². The molecule has 3 N–H and O–H groups in total. The molecular weight excluding hydrogens is 205 g/mol. The molecule has 0 atom stereocenters. The van der Waals surface area contributed by atoms with E-state index >= 15 is 0 Å². The summed E-state index contributed by atoms with van der Waals surface area (Å²) < 4.78 is 0. The maximum absolute atomic E-state index is 11.1. The van der Waals surface area contributed by atoms with Gasteiger partial charge < -0.3 is 15.1 Å². The van der Waals surface area contributed by atoms with E-state index in [1.54, 1.807) is 0 Å². The van der Waals surface area contributed by atoms with Crippen molar-refractivity contribution in [2.45, 2.75) is 0 Å². The minimum absolute atomic E-state index is 0.00125. The van der Waals surface area contributed by atoms with Crippen LogP contribution >= 0.6 is 0 Å². The summed E-state index contributed by atoms with van der Waals surface area (Å²) in [4.78, 5) is 26.5. The molecule has 0 amide bonds. The minimum atomic E-state index is -0.911. The number of nitrogens with one attached hydrogen (secondary N) is 2. The molecule has 0 aliphatic carbocycles. The molecule has 0 bridgehead atoms. The van der Waals surface area contributed by atoms with Gasteiger partial charge in [0.1, 0.15) is 34.8 Å². The Morgan fingerprint density at radius 2 is 1.31 bits per heavy atom. The summed E-state index contributed by atoms with van der Waals surface area (Å²) in [6.07, 6.45) is 0. The van der Waals surface area contributed by atoms with Crippen LogP contribution in [-0.4, -0.2) is 38.6 Å². The zero-order valence-corrected chi connectivity index (χ0v) is 8.00. The zero-order valence-electron chi connectivity index (χ0n) is 8.00. The largest absolute Gasteiger partial charge is 0.506 e. The Labute approximate surface area is 93.1 Å². The molecule has 2 aromatic rings. The lowest BCUT2D eigenvalue weighted by Crippen LogP contribution is -2.42. The average Bonchev–Trinajstić information content (AvgIpc) is 2.26. The predicted molar refractivity (Wildman–Crippen MR) is 63.0 cm³/mol. The molecule has 0 saturated heterocycles. The third kappa shape index (κ3) is 1.30. The molecule has 0 aliphatic heterocycles. The molecule has 0 unspecified atom stereocenters. The Bertz CT molecular complexity index is 644. The zero-order chi connectivity index (χ0) is 12.0. The molecule has 8 heteroatoms. The lowest BCUT2D eigenvalue weighted by molar-refractivity contribution is 0.484. The highest BCUT2D eigenvalue weighted by atomic mass is 16.3. The molecule has 0 aliphatic rings. The van der Waals surface area contributed by atoms with Crippen LogP contribution in [0.1, 0.15) is 0 Å². The smallest absolute Gasteiger partial charge is 0.314 e. The summed E-state index contributed by atoms with van der Waals surface area (Å²) in [5.74, 6) is -0.421. The summed E-state index contributed by atoms with van der Waals surface area (Å²) in [6, 6.07) is 0. The Morgan fingerprint density at radius 1 is 0.812 bits per heavy atom. The maximum Gasteiger partial charge on any atom is 0.314 e. The lowest BCUT2D eigenvalue weighted by Gasteiger charge is -2.12. The van der Waals surface area contributed by atoms with Crippen LogP contribution in [0.3, 0.4) is 0 Å². The van der Waals surface area contributed by atoms with Crippen molar-refractivity contribution in [3.63, 3.8) is 0 Å². The number of phenolic OH excluding ortho intramolecular Hbond substituents is 1. The number of benzene rings is 1. The van der Waals surface area contributed by atoms with E-state index in [9.17, 15) is 14.7 Å². The number of rotatable bonds is 0. The van der Waals surface area contributed by atoms with Gasteiger partial charge in [-0.25, -0.2) is 0 Å². The lowest BCUT2D eigenvalue weighted by atomic mass is 9.71. The van der Waals surface area contributed by atoms with Crippen molar-refractivity contribution in [1.29, 1.82) is 0 Å². The van der Waals surface area contributed by atoms with Gasteiger partial charge in [-0.2, -0.15) is 0 Å². The van der Waals surface area contributed by atoms with Crippen LogP contribution in [0.2, 0.25) is 0 Å². The molecule has 1 heterocycles.